The molecular formula is C13H19ClN2. The van der Waals surface area contributed by atoms with Crippen molar-refractivity contribution in [2.75, 3.05) is 19.6 Å². The summed E-state index contributed by atoms with van der Waals surface area (Å²) in [6.45, 7) is 5.19. The molecule has 0 aromatic heterocycles. The molecule has 1 saturated heterocycles. The van der Waals surface area contributed by atoms with Crippen LogP contribution in [0.2, 0.25) is 5.02 Å². The number of halogens is 1. The van der Waals surface area contributed by atoms with Crippen LogP contribution in [0.4, 0.5) is 0 Å². The molecule has 88 valence electrons. The zero-order chi connectivity index (χ0) is 11.5. The Bertz CT molecular complexity index is 342. The summed E-state index contributed by atoms with van der Waals surface area (Å²) in [6, 6.07) is 8.63. The molecular weight excluding hydrogens is 220 g/mol. The molecule has 1 aromatic carbocycles. The van der Waals surface area contributed by atoms with Crippen LogP contribution in [0.1, 0.15) is 24.9 Å². The van der Waals surface area contributed by atoms with Crippen LogP contribution >= 0.6 is 11.6 Å². The van der Waals surface area contributed by atoms with E-state index in [1.807, 2.05) is 12.1 Å². The van der Waals surface area contributed by atoms with Gasteiger partial charge in [0, 0.05) is 11.1 Å². The van der Waals surface area contributed by atoms with Crippen molar-refractivity contribution in [1.82, 2.24) is 4.90 Å². The van der Waals surface area contributed by atoms with Crippen LogP contribution in [0, 0.1) is 5.92 Å². The van der Waals surface area contributed by atoms with E-state index < -0.39 is 0 Å². The van der Waals surface area contributed by atoms with Crippen molar-refractivity contribution < 1.29 is 0 Å². The van der Waals surface area contributed by atoms with E-state index in [2.05, 4.69) is 24.0 Å². The van der Waals surface area contributed by atoms with Gasteiger partial charge in [-0.1, -0.05) is 30.7 Å². The van der Waals surface area contributed by atoms with Crippen LogP contribution in [-0.2, 0) is 0 Å². The fraction of sp³-hybridized carbons (Fsp3) is 0.538. The van der Waals surface area contributed by atoms with Gasteiger partial charge >= 0.3 is 0 Å². The topological polar surface area (TPSA) is 29.3 Å². The number of nitrogens with zero attached hydrogens (tertiary/aromatic N) is 1. The van der Waals surface area contributed by atoms with Crippen molar-refractivity contribution in [3.05, 3.63) is 34.9 Å². The SMILES string of the molecule is CCN1CCC(CN)C1c1cccc(Cl)c1. The lowest BCUT2D eigenvalue weighted by Gasteiger charge is -2.27. The average molecular weight is 239 g/mol. The summed E-state index contributed by atoms with van der Waals surface area (Å²) in [4.78, 5) is 2.49. The molecule has 0 radical (unpaired) electrons. The molecule has 1 fully saturated rings. The number of hydrogen-bond acceptors (Lipinski definition) is 2. The van der Waals surface area contributed by atoms with Crippen LogP contribution in [0.25, 0.3) is 0 Å². The van der Waals surface area contributed by atoms with Gasteiger partial charge in [-0.15, -0.1) is 0 Å². The Morgan fingerprint density at radius 3 is 2.94 bits per heavy atom. The van der Waals surface area contributed by atoms with Crippen molar-refractivity contribution >= 4 is 11.6 Å². The third kappa shape index (κ3) is 2.24. The minimum Gasteiger partial charge on any atom is -0.330 e. The number of nitrogens with two attached hydrogens (primary N) is 1. The summed E-state index contributed by atoms with van der Waals surface area (Å²) < 4.78 is 0. The van der Waals surface area contributed by atoms with Gasteiger partial charge in [0.15, 0.2) is 0 Å². The van der Waals surface area contributed by atoms with Crippen molar-refractivity contribution in [3.63, 3.8) is 0 Å². The van der Waals surface area contributed by atoms with Crippen LogP contribution < -0.4 is 5.73 Å². The first-order valence-corrected chi connectivity index (χ1v) is 6.33. The molecule has 2 N–H and O–H groups in total. The Labute approximate surface area is 102 Å². The summed E-state index contributed by atoms with van der Waals surface area (Å²) >= 11 is 6.06. The summed E-state index contributed by atoms with van der Waals surface area (Å²) in [7, 11) is 0. The van der Waals surface area contributed by atoms with Crippen LogP contribution in [0.15, 0.2) is 24.3 Å². The van der Waals surface area contributed by atoms with E-state index in [-0.39, 0.29) is 0 Å². The molecule has 0 amide bonds. The van der Waals surface area contributed by atoms with Crippen LogP contribution in [0.5, 0.6) is 0 Å². The minimum atomic E-state index is 0.452. The predicted molar refractivity (Wildman–Crippen MR) is 68.6 cm³/mol. The zero-order valence-corrected chi connectivity index (χ0v) is 10.5. The highest BCUT2D eigenvalue weighted by Crippen LogP contribution is 2.36. The van der Waals surface area contributed by atoms with Crippen molar-refractivity contribution in [2.24, 2.45) is 11.7 Å². The Morgan fingerprint density at radius 2 is 2.31 bits per heavy atom. The Kier molecular flexibility index (Phi) is 3.85. The van der Waals surface area contributed by atoms with Gasteiger partial charge in [-0.25, -0.2) is 0 Å². The molecule has 3 heteroatoms. The van der Waals surface area contributed by atoms with Gasteiger partial charge in [-0.2, -0.15) is 0 Å². The summed E-state index contributed by atoms with van der Waals surface area (Å²) in [5.74, 6) is 0.568. The first-order valence-electron chi connectivity index (χ1n) is 5.95. The Balaban J connectivity index is 2.28. The van der Waals surface area contributed by atoms with Crippen molar-refractivity contribution in [1.29, 1.82) is 0 Å². The minimum absolute atomic E-state index is 0.452. The van der Waals surface area contributed by atoms with Crippen molar-refractivity contribution in [3.8, 4) is 0 Å². The molecule has 1 heterocycles. The summed E-state index contributed by atoms with van der Waals surface area (Å²) in [6.07, 6.45) is 1.20. The average Bonchev–Trinajstić information content (AvgIpc) is 2.71. The highest BCUT2D eigenvalue weighted by atomic mass is 35.5. The normalized spacial score (nSPS) is 26.2. The first kappa shape index (κ1) is 11.9. The van der Waals surface area contributed by atoms with Gasteiger partial charge in [0.05, 0.1) is 0 Å². The number of rotatable bonds is 3. The summed E-state index contributed by atoms with van der Waals surface area (Å²) in [5, 5.41) is 0.816. The molecule has 0 aliphatic carbocycles. The monoisotopic (exact) mass is 238 g/mol. The molecule has 2 nitrogen and oxygen atoms in total. The molecule has 2 unspecified atom stereocenters. The molecule has 1 aliphatic heterocycles. The van der Waals surface area contributed by atoms with Crippen LogP contribution in [-0.4, -0.2) is 24.5 Å². The molecule has 2 rings (SSSR count). The smallest absolute Gasteiger partial charge is 0.0409 e. The highest BCUT2D eigenvalue weighted by molar-refractivity contribution is 6.30. The lowest BCUT2D eigenvalue weighted by molar-refractivity contribution is 0.242. The van der Waals surface area contributed by atoms with E-state index in [4.69, 9.17) is 17.3 Å². The maximum Gasteiger partial charge on any atom is 0.0409 e. The molecule has 16 heavy (non-hydrogen) atoms. The second-order valence-electron chi connectivity index (χ2n) is 4.41. The molecule has 0 spiro atoms. The third-order valence-electron chi connectivity index (χ3n) is 3.53. The van der Waals surface area contributed by atoms with E-state index in [1.165, 1.54) is 12.0 Å². The fourth-order valence-corrected chi connectivity index (χ4v) is 2.90. The molecule has 0 saturated carbocycles. The van der Waals surface area contributed by atoms with Gasteiger partial charge in [0.2, 0.25) is 0 Å². The van der Waals surface area contributed by atoms with Gasteiger partial charge in [0.1, 0.15) is 0 Å². The largest absolute Gasteiger partial charge is 0.330 e. The quantitative estimate of drug-likeness (QED) is 0.878. The van der Waals surface area contributed by atoms with E-state index in [9.17, 15) is 0 Å². The number of likely N-dealkylation sites (tertiary alicyclic amines) is 1. The summed E-state index contributed by atoms with van der Waals surface area (Å²) in [5.41, 5.74) is 7.16. The number of benzene rings is 1. The van der Waals surface area contributed by atoms with Crippen molar-refractivity contribution in [2.45, 2.75) is 19.4 Å². The zero-order valence-electron chi connectivity index (χ0n) is 9.70. The third-order valence-corrected chi connectivity index (χ3v) is 3.76. The lowest BCUT2D eigenvalue weighted by Crippen LogP contribution is -2.28. The Morgan fingerprint density at radius 1 is 1.50 bits per heavy atom. The number of hydrogen-bond donors (Lipinski definition) is 1. The maximum absolute atomic E-state index is 6.06. The fourth-order valence-electron chi connectivity index (χ4n) is 2.70. The molecule has 1 aliphatic rings. The maximum atomic E-state index is 6.06. The molecule has 0 bridgehead atoms. The predicted octanol–water partition coefficient (Wildman–Crippen LogP) is 2.68. The van der Waals surface area contributed by atoms with E-state index >= 15 is 0 Å². The lowest BCUT2D eigenvalue weighted by atomic mass is 9.94. The second-order valence-corrected chi connectivity index (χ2v) is 4.85. The second kappa shape index (κ2) is 5.17. The first-order chi connectivity index (χ1) is 7.76. The molecule has 1 aromatic rings. The van der Waals surface area contributed by atoms with Gasteiger partial charge in [0.25, 0.3) is 0 Å². The van der Waals surface area contributed by atoms with E-state index in [0.717, 1.165) is 24.7 Å². The van der Waals surface area contributed by atoms with Gasteiger partial charge in [-0.05, 0) is 49.7 Å². The standard InChI is InChI=1S/C13H19ClN2/c1-2-16-7-6-11(9-15)13(16)10-4-3-5-12(14)8-10/h3-5,8,11,13H,2,6-7,9,15H2,1H3. The Hall–Kier alpha value is -0.570. The van der Waals surface area contributed by atoms with Gasteiger partial charge in [-0.3, -0.25) is 4.90 Å². The van der Waals surface area contributed by atoms with E-state index in [1.54, 1.807) is 0 Å². The van der Waals surface area contributed by atoms with Crippen LogP contribution in [0.3, 0.4) is 0 Å². The highest BCUT2D eigenvalue weighted by Gasteiger charge is 2.33. The molecule has 2 atom stereocenters. The van der Waals surface area contributed by atoms with Gasteiger partial charge < -0.3 is 5.73 Å². The van der Waals surface area contributed by atoms with E-state index in [0.29, 0.717) is 12.0 Å².